The second-order valence-corrected chi connectivity index (χ2v) is 3.88. The molecular weight excluding hydrogens is 244 g/mol. The summed E-state index contributed by atoms with van der Waals surface area (Å²) >= 11 is 5.76. The number of carbonyl (C=O) groups is 1. The third-order valence-corrected chi connectivity index (χ3v) is 2.61. The third-order valence-electron chi connectivity index (χ3n) is 2.27. The molecule has 0 aliphatic carbocycles. The Morgan fingerprint density at radius 3 is 2.35 bits per heavy atom. The lowest BCUT2D eigenvalue weighted by Gasteiger charge is -2.20. The minimum absolute atomic E-state index is 0.158. The van der Waals surface area contributed by atoms with Crippen LogP contribution in [0.2, 0.25) is 5.02 Å². The van der Waals surface area contributed by atoms with Gasteiger partial charge >= 0.3 is 0 Å². The van der Waals surface area contributed by atoms with Crippen LogP contribution in [0.15, 0.2) is 18.2 Å². The number of benzene rings is 1. The zero-order valence-corrected chi connectivity index (χ0v) is 10.0. The lowest BCUT2D eigenvalue weighted by molar-refractivity contribution is 0.0685. The van der Waals surface area contributed by atoms with E-state index in [0.717, 1.165) is 0 Å². The Morgan fingerprint density at radius 2 is 1.88 bits per heavy atom. The summed E-state index contributed by atoms with van der Waals surface area (Å²) < 4.78 is 0. The molecule has 0 aromatic heterocycles. The molecule has 94 valence electrons. The zero-order valence-electron chi connectivity index (χ0n) is 9.27. The highest BCUT2D eigenvalue weighted by molar-refractivity contribution is 6.33. The number of nitrogen functional groups attached to an aromatic ring is 1. The van der Waals surface area contributed by atoms with Crippen molar-refractivity contribution in [1.82, 2.24) is 4.90 Å². The van der Waals surface area contributed by atoms with Crippen LogP contribution >= 0.6 is 11.6 Å². The van der Waals surface area contributed by atoms with Crippen LogP contribution in [0.1, 0.15) is 10.4 Å². The first-order valence-corrected chi connectivity index (χ1v) is 5.54. The number of hydrogen-bond donors (Lipinski definition) is 3. The minimum Gasteiger partial charge on any atom is -0.398 e. The minimum atomic E-state index is -0.295. The lowest BCUT2D eigenvalue weighted by Crippen LogP contribution is -2.35. The molecule has 1 amide bonds. The average molecular weight is 259 g/mol. The van der Waals surface area contributed by atoms with E-state index in [4.69, 9.17) is 27.5 Å². The number of aliphatic hydroxyl groups excluding tert-OH is 2. The van der Waals surface area contributed by atoms with Gasteiger partial charge in [-0.15, -0.1) is 0 Å². The number of amides is 1. The van der Waals surface area contributed by atoms with E-state index in [2.05, 4.69) is 0 Å². The summed E-state index contributed by atoms with van der Waals surface area (Å²) in [6.45, 7) is 0.0213. The Labute approximate surface area is 104 Å². The lowest BCUT2D eigenvalue weighted by atomic mass is 10.1. The molecule has 0 saturated carbocycles. The molecule has 0 atom stereocenters. The number of aliphatic hydroxyl groups is 2. The number of nitrogens with two attached hydrogens (primary N) is 1. The van der Waals surface area contributed by atoms with Crippen LogP contribution in [0.3, 0.4) is 0 Å². The molecule has 17 heavy (non-hydrogen) atoms. The Hall–Kier alpha value is -1.30. The molecule has 5 nitrogen and oxygen atoms in total. The smallest absolute Gasteiger partial charge is 0.254 e. The summed E-state index contributed by atoms with van der Waals surface area (Å²) in [4.78, 5) is 13.3. The molecule has 0 saturated heterocycles. The fourth-order valence-electron chi connectivity index (χ4n) is 1.42. The topological polar surface area (TPSA) is 86.8 Å². The van der Waals surface area contributed by atoms with Gasteiger partial charge in [0.1, 0.15) is 0 Å². The molecule has 1 aromatic rings. The SMILES string of the molecule is Nc1cc(C(=O)N(CCO)CCO)ccc1Cl. The summed E-state index contributed by atoms with van der Waals surface area (Å²) in [5.41, 5.74) is 6.31. The molecule has 0 aliphatic heterocycles. The van der Waals surface area contributed by atoms with Gasteiger partial charge in [-0.1, -0.05) is 11.6 Å². The standard InChI is InChI=1S/C11H15ClN2O3/c12-9-2-1-8(7-10(9)13)11(17)14(3-5-15)4-6-16/h1-2,7,15-16H,3-6,13H2. The highest BCUT2D eigenvalue weighted by atomic mass is 35.5. The van der Waals surface area contributed by atoms with Gasteiger partial charge < -0.3 is 20.8 Å². The van der Waals surface area contributed by atoms with Gasteiger partial charge in [-0.05, 0) is 18.2 Å². The normalized spacial score (nSPS) is 10.3. The number of nitrogens with zero attached hydrogens (tertiary/aromatic N) is 1. The zero-order chi connectivity index (χ0) is 12.8. The molecule has 0 radical (unpaired) electrons. The van der Waals surface area contributed by atoms with E-state index in [1.165, 1.54) is 11.0 Å². The molecule has 1 aromatic carbocycles. The fourth-order valence-corrected chi connectivity index (χ4v) is 1.53. The summed E-state index contributed by atoms with van der Waals surface area (Å²) in [7, 11) is 0. The van der Waals surface area contributed by atoms with Crippen LogP contribution < -0.4 is 5.73 Å². The quantitative estimate of drug-likeness (QED) is 0.665. The number of hydrogen-bond acceptors (Lipinski definition) is 4. The van der Waals surface area contributed by atoms with Crippen LogP contribution in [0, 0.1) is 0 Å². The highest BCUT2D eigenvalue weighted by Crippen LogP contribution is 2.20. The summed E-state index contributed by atoms with van der Waals surface area (Å²) in [6, 6.07) is 4.58. The van der Waals surface area contributed by atoms with Gasteiger partial charge in [-0.25, -0.2) is 0 Å². The predicted molar refractivity (Wildman–Crippen MR) is 65.9 cm³/mol. The molecule has 0 fully saturated rings. The molecule has 0 bridgehead atoms. The maximum absolute atomic E-state index is 12.0. The monoisotopic (exact) mass is 258 g/mol. The van der Waals surface area contributed by atoms with E-state index >= 15 is 0 Å². The van der Waals surface area contributed by atoms with Crippen molar-refractivity contribution in [3.8, 4) is 0 Å². The van der Waals surface area contributed by atoms with Gasteiger partial charge in [0, 0.05) is 18.7 Å². The molecule has 0 unspecified atom stereocenters. The molecular formula is C11H15ClN2O3. The van der Waals surface area contributed by atoms with E-state index in [1.54, 1.807) is 12.1 Å². The van der Waals surface area contributed by atoms with Gasteiger partial charge in [0.2, 0.25) is 0 Å². The van der Waals surface area contributed by atoms with E-state index in [0.29, 0.717) is 16.3 Å². The summed E-state index contributed by atoms with van der Waals surface area (Å²) in [5.74, 6) is -0.295. The maximum Gasteiger partial charge on any atom is 0.254 e. The van der Waals surface area contributed by atoms with E-state index in [9.17, 15) is 4.79 Å². The van der Waals surface area contributed by atoms with Crippen molar-refractivity contribution in [2.75, 3.05) is 32.0 Å². The molecule has 0 heterocycles. The number of anilines is 1. The van der Waals surface area contributed by atoms with Crippen molar-refractivity contribution in [2.24, 2.45) is 0 Å². The molecule has 6 heteroatoms. The fraction of sp³-hybridized carbons (Fsp3) is 0.364. The third kappa shape index (κ3) is 3.59. The second kappa shape index (κ2) is 6.44. The van der Waals surface area contributed by atoms with E-state index < -0.39 is 0 Å². The van der Waals surface area contributed by atoms with Crippen molar-refractivity contribution in [1.29, 1.82) is 0 Å². The first kappa shape index (κ1) is 13.8. The summed E-state index contributed by atoms with van der Waals surface area (Å²) in [6.07, 6.45) is 0. The molecule has 4 N–H and O–H groups in total. The maximum atomic E-state index is 12.0. The molecule has 0 spiro atoms. The van der Waals surface area contributed by atoms with Gasteiger partial charge in [0.25, 0.3) is 5.91 Å². The van der Waals surface area contributed by atoms with Crippen molar-refractivity contribution in [3.05, 3.63) is 28.8 Å². The van der Waals surface area contributed by atoms with E-state index in [1.807, 2.05) is 0 Å². The first-order valence-electron chi connectivity index (χ1n) is 5.16. The first-order chi connectivity index (χ1) is 8.10. The number of halogens is 1. The van der Waals surface area contributed by atoms with Crippen molar-refractivity contribution in [3.63, 3.8) is 0 Å². The van der Waals surface area contributed by atoms with Gasteiger partial charge in [0.05, 0.1) is 23.9 Å². The van der Waals surface area contributed by atoms with Crippen LogP contribution in [-0.4, -0.2) is 47.3 Å². The van der Waals surface area contributed by atoms with Gasteiger partial charge in [-0.3, -0.25) is 4.79 Å². The van der Waals surface area contributed by atoms with Gasteiger partial charge in [-0.2, -0.15) is 0 Å². The van der Waals surface area contributed by atoms with Crippen LogP contribution in [-0.2, 0) is 0 Å². The number of rotatable bonds is 5. The Bertz CT molecular complexity index is 392. The Kier molecular flexibility index (Phi) is 5.21. The van der Waals surface area contributed by atoms with E-state index in [-0.39, 0.29) is 32.2 Å². The Balaban J connectivity index is 2.88. The molecule has 1 rings (SSSR count). The van der Waals surface area contributed by atoms with Gasteiger partial charge in [0.15, 0.2) is 0 Å². The van der Waals surface area contributed by atoms with Crippen molar-refractivity contribution in [2.45, 2.75) is 0 Å². The second-order valence-electron chi connectivity index (χ2n) is 3.48. The van der Waals surface area contributed by atoms with Crippen molar-refractivity contribution < 1.29 is 15.0 Å². The highest BCUT2D eigenvalue weighted by Gasteiger charge is 2.15. The number of carbonyl (C=O) groups excluding carboxylic acids is 1. The largest absolute Gasteiger partial charge is 0.398 e. The van der Waals surface area contributed by atoms with Crippen molar-refractivity contribution >= 4 is 23.2 Å². The van der Waals surface area contributed by atoms with Crippen LogP contribution in [0.5, 0.6) is 0 Å². The Morgan fingerprint density at radius 1 is 1.29 bits per heavy atom. The van der Waals surface area contributed by atoms with Crippen LogP contribution in [0.25, 0.3) is 0 Å². The predicted octanol–water partition coefficient (Wildman–Crippen LogP) is 0.349. The average Bonchev–Trinajstić information content (AvgIpc) is 2.31. The summed E-state index contributed by atoms with van der Waals surface area (Å²) in [5, 5.41) is 18.1. The molecule has 0 aliphatic rings. The van der Waals surface area contributed by atoms with Crippen LogP contribution in [0.4, 0.5) is 5.69 Å².